The second-order valence-corrected chi connectivity index (χ2v) is 5.64. The first-order chi connectivity index (χ1) is 10.3. The van der Waals surface area contributed by atoms with E-state index in [1.807, 2.05) is 24.3 Å². The zero-order valence-electron chi connectivity index (χ0n) is 11.9. The molecule has 0 fully saturated rings. The third-order valence-electron chi connectivity index (χ3n) is 4.32. The monoisotopic (exact) mass is 272 g/mol. The zero-order valence-corrected chi connectivity index (χ0v) is 11.9. The van der Waals surface area contributed by atoms with Crippen molar-refractivity contribution in [2.45, 2.75) is 13.3 Å². The smallest absolute Gasteiger partial charge is 0.123 e. The summed E-state index contributed by atoms with van der Waals surface area (Å²) in [6.07, 6.45) is 0.894. The van der Waals surface area contributed by atoms with Crippen molar-refractivity contribution in [3.63, 3.8) is 0 Å². The van der Waals surface area contributed by atoms with E-state index in [4.69, 9.17) is 0 Å². The van der Waals surface area contributed by atoms with Gasteiger partial charge in [-0.25, -0.2) is 0 Å². The van der Waals surface area contributed by atoms with Gasteiger partial charge in [0.25, 0.3) is 0 Å². The molecule has 1 heteroatoms. The van der Waals surface area contributed by atoms with E-state index in [0.29, 0.717) is 5.75 Å². The maximum Gasteiger partial charge on any atom is 0.123 e. The molecular weight excluding hydrogens is 256 g/mol. The number of aromatic hydroxyl groups is 1. The van der Waals surface area contributed by atoms with Crippen LogP contribution in [0.4, 0.5) is 0 Å². The molecule has 0 aromatic heterocycles. The van der Waals surface area contributed by atoms with Gasteiger partial charge in [0, 0.05) is 5.56 Å². The molecular formula is C20H16O. The van der Waals surface area contributed by atoms with Gasteiger partial charge in [0.15, 0.2) is 0 Å². The fourth-order valence-electron chi connectivity index (χ4n) is 3.45. The van der Waals surface area contributed by atoms with Crippen molar-refractivity contribution in [3.8, 4) is 28.0 Å². The Morgan fingerprint density at radius 1 is 0.857 bits per heavy atom. The lowest BCUT2D eigenvalue weighted by atomic mass is 9.91. The summed E-state index contributed by atoms with van der Waals surface area (Å²) in [4.78, 5) is 0. The molecule has 0 radical (unpaired) electrons. The van der Waals surface area contributed by atoms with E-state index in [-0.39, 0.29) is 0 Å². The van der Waals surface area contributed by atoms with Crippen LogP contribution in [0.3, 0.4) is 0 Å². The van der Waals surface area contributed by atoms with E-state index in [0.717, 1.165) is 23.1 Å². The standard InChI is InChI=1S/C20H16O/c1-13-11-18(21)20(14-7-3-2-4-8-14)17-12-15-9-5-6-10-16(15)19(13)17/h2-11,21H,12H2,1H3. The Labute approximate surface area is 124 Å². The Morgan fingerprint density at radius 3 is 2.38 bits per heavy atom. The molecule has 1 N–H and O–H groups in total. The Hall–Kier alpha value is -2.54. The molecule has 1 aliphatic carbocycles. The van der Waals surface area contributed by atoms with Gasteiger partial charge in [-0.3, -0.25) is 0 Å². The fraction of sp³-hybridized carbons (Fsp3) is 0.100. The van der Waals surface area contributed by atoms with Gasteiger partial charge in [-0.2, -0.15) is 0 Å². The normalized spacial score (nSPS) is 12.0. The molecule has 0 amide bonds. The number of fused-ring (bicyclic) bond motifs is 3. The van der Waals surface area contributed by atoms with Gasteiger partial charge in [0.05, 0.1) is 0 Å². The first kappa shape index (κ1) is 12.2. The van der Waals surface area contributed by atoms with Crippen LogP contribution in [0.2, 0.25) is 0 Å². The molecule has 0 heterocycles. The van der Waals surface area contributed by atoms with Crippen molar-refractivity contribution in [1.29, 1.82) is 0 Å². The number of benzene rings is 3. The first-order valence-corrected chi connectivity index (χ1v) is 7.25. The summed E-state index contributed by atoms with van der Waals surface area (Å²) in [7, 11) is 0. The van der Waals surface area contributed by atoms with Crippen LogP contribution >= 0.6 is 0 Å². The SMILES string of the molecule is Cc1cc(O)c(-c2ccccc2)c2c1-c1ccccc1C2. The van der Waals surface area contributed by atoms with E-state index in [2.05, 4.69) is 43.3 Å². The third-order valence-corrected chi connectivity index (χ3v) is 4.32. The lowest BCUT2D eigenvalue weighted by Gasteiger charge is -2.14. The van der Waals surface area contributed by atoms with Crippen molar-refractivity contribution in [1.82, 2.24) is 0 Å². The van der Waals surface area contributed by atoms with E-state index in [9.17, 15) is 5.11 Å². The molecule has 0 spiro atoms. The van der Waals surface area contributed by atoms with Crippen LogP contribution in [0.25, 0.3) is 22.3 Å². The average molecular weight is 272 g/mol. The summed E-state index contributed by atoms with van der Waals surface area (Å²) in [6.45, 7) is 2.08. The Morgan fingerprint density at radius 2 is 1.57 bits per heavy atom. The maximum atomic E-state index is 10.5. The molecule has 0 saturated carbocycles. The van der Waals surface area contributed by atoms with Crippen LogP contribution in [0, 0.1) is 6.92 Å². The lowest BCUT2D eigenvalue weighted by Crippen LogP contribution is -1.91. The number of phenols is 1. The van der Waals surface area contributed by atoms with E-state index < -0.39 is 0 Å². The molecule has 4 rings (SSSR count). The van der Waals surface area contributed by atoms with Crippen LogP contribution in [-0.2, 0) is 6.42 Å². The first-order valence-electron chi connectivity index (χ1n) is 7.25. The minimum absolute atomic E-state index is 0.380. The number of hydrogen-bond donors (Lipinski definition) is 1. The molecule has 1 nitrogen and oxygen atoms in total. The van der Waals surface area contributed by atoms with Crippen LogP contribution < -0.4 is 0 Å². The van der Waals surface area contributed by atoms with Gasteiger partial charge < -0.3 is 5.11 Å². The van der Waals surface area contributed by atoms with Gasteiger partial charge in [0.1, 0.15) is 5.75 Å². The number of aryl methyl sites for hydroxylation is 1. The molecule has 21 heavy (non-hydrogen) atoms. The maximum absolute atomic E-state index is 10.5. The van der Waals surface area contributed by atoms with E-state index >= 15 is 0 Å². The molecule has 3 aromatic carbocycles. The van der Waals surface area contributed by atoms with Gasteiger partial charge >= 0.3 is 0 Å². The summed E-state index contributed by atoms with van der Waals surface area (Å²) in [5, 5.41) is 10.5. The Bertz CT molecular complexity index is 832. The van der Waals surface area contributed by atoms with Crippen molar-refractivity contribution in [2.24, 2.45) is 0 Å². The number of hydrogen-bond acceptors (Lipinski definition) is 1. The highest BCUT2D eigenvalue weighted by atomic mass is 16.3. The van der Waals surface area contributed by atoms with Crippen molar-refractivity contribution in [2.75, 3.05) is 0 Å². The van der Waals surface area contributed by atoms with Crippen LogP contribution in [0.5, 0.6) is 5.75 Å². The highest BCUT2D eigenvalue weighted by Gasteiger charge is 2.25. The minimum Gasteiger partial charge on any atom is -0.507 e. The zero-order chi connectivity index (χ0) is 14.4. The van der Waals surface area contributed by atoms with Crippen molar-refractivity contribution in [3.05, 3.63) is 77.4 Å². The van der Waals surface area contributed by atoms with Crippen LogP contribution in [-0.4, -0.2) is 5.11 Å². The molecule has 3 aromatic rings. The number of phenolic OH excluding ortho intramolecular Hbond substituents is 1. The highest BCUT2D eigenvalue weighted by Crippen LogP contribution is 2.47. The third kappa shape index (κ3) is 1.78. The van der Waals surface area contributed by atoms with Gasteiger partial charge in [-0.1, -0.05) is 54.6 Å². The molecule has 0 atom stereocenters. The van der Waals surface area contributed by atoms with Gasteiger partial charge in [-0.15, -0.1) is 0 Å². The lowest BCUT2D eigenvalue weighted by molar-refractivity contribution is 0.476. The average Bonchev–Trinajstić information content (AvgIpc) is 2.87. The van der Waals surface area contributed by atoms with E-state index in [1.165, 1.54) is 22.3 Å². The second kappa shape index (κ2) is 4.49. The van der Waals surface area contributed by atoms with E-state index in [1.54, 1.807) is 0 Å². The Kier molecular flexibility index (Phi) is 2.61. The predicted molar refractivity (Wildman–Crippen MR) is 86.5 cm³/mol. The molecule has 0 saturated heterocycles. The predicted octanol–water partition coefficient (Wildman–Crippen LogP) is 4.94. The topological polar surface area (TPSA) is 20.2 Å². The van der Waals surface area contributed by atoms with Crippen LogP contribution in [0.15, 0.2) is 60.7 Å². The molecule has 0 unspecified atom stereocenters. The summed E-state index contributed by atoms with van der Waals surface area (Å²) >= 11 is 0. The molecule has 0 bridgehead atoms. The summed E-state index contributed by atoms with van der Waals surface area (Å²) in [5.41, 5.74) is 8.40. The van der Waals surface area contributed by atoms with Gasteiger partial charge in [-0.05, 0) is 52.8 Å². The van der Waals surface area contributed by atoms with Crippen molar-refractivity contribution < 1.29 is 5.11 Å². The Balaban J connectivity index is 2.04. The molecule has 1 aliphatic rings. The van der Waals surface area contributed by atoms with Crippen LogP contribution in [0.1, 0.15) is 16.7 Å². The summed E-state index contributed by atoms with van der Waals surface area (Å²) in [6, 6.07) is 20.6. The fourth-order valence-corrected chi connectivity index (χ4v) is 3.45. The largest absolute Gasteiger partial charge is 0.507 e. The molecule has 0 aliphatic heterocycles. The summed E-state index contributed by atoms with van der Waals surface area (Å²) < 4.78 is 0. The summed E-state index contributed by atoms with van der Waals surface area (Å²) in [5.74, 6) is 0.380. The highest BCUT2D eigenvalue weighted by molar-refractivity contribution is 5.89. The van der Waals surface area contributed by atoms with Gasteiger partial charge in [0.2, 0.25) is 0 Å². The number of rotatable bonds is 1. The quantitative estimate of drug-likeness (QED) is 0.520. The molecule has 102 valence electrons. The second-order valence-electron chi connectivity index (χ2n) is 5.64. The minimum atomic E-state index is 0.380. The van der Waals surface area contributed by atoms with Crippen molar-refractivity contribution >= 4 is 0 Å².